The minimum atomic E-state index is -0.0185. The highest BCUT2D eigenvalue weighted by molar-refractivity contribution is 9.10. The van der Waals surface area contributed by atoms with E-state index in [2.05, 4.69) is 36.6 Å². The van der Waals surface area contributed by atoms with Crippen LogP contribution in [0.3, 0.4) is 0 Å². The summed E-state index contributed by atoms with van der Waals surface area (Å²) in [5, 5.41) is 4.06. The fraction of sp³-hybridized carbons (Fsp3) is 0.348. The molecule has 1 saturated heterocycles. The molecule has 0 unspecified atom stereocenters. The van der Waals surface area contributed by atoms with Crippen molar-refractivity contribution < 1.29 is 9.53 Å². The number of ether oxygens (including phenoxy) is 1. The molecule has 1 N–H and O–H groups in total. The van der Waals surface area contributed by atoms with Gasteiger partial charge in [0.15, 0.2) is 0 Å². The van der Waals surface area contributed by atoms with Crippen LogP contribution in [-0.4, -0.2) is 42.0 Å². The summed E-state index contributed by atoms with van der Waals surface area (Å²) in [6, 6.07) is 15.5. The molecular formula is C23H25BrN4O2S. The van der Waals surface area contributed by atoms with Crippen LogP contribution in [0.2, 0.25) is 0 Å². The van der Waals surface area contributed by atoms with Crippen molar-refractivity contribution in [1.29, 1.82) is 0 Å². The zero-order valence-electron chi connectivity index (χ0n) is 17.4. The second kappa shape index (κ2) is 10.2. The molecule has 0 aliphatic carbocycles. The van der Waals surface area contributed by atoms with Crippen molar-refractivity contribution in [1.82, 2.24) is 14.7 Å². The van der Waals surface area contributed by atoms with Crippen molar-refractivity contribution in [2.75, 3.05) is 31.6 Å². The summed E-state index contributed by atoms with van der Waals surface area (Å²) < 4.78 is 10.8. The summed E-state index contributed by atoms with van der Waals surface area (Å²) in [6.45, 7) is 2.58. The number of piperidine rings is 1. The van der Waals surface area contributed by atoms with Gasteiger partial charge in [0.2, 0.25) is 5.13 Å². The highest BCUT2D eigenvalue weighted by Crippen LogP contribution is 2.25. The third-order valence-corrected chi connectivity index (χ3v) is 6.78. The Labute approximate surface area is 194 Å². The van der Waals surface area contributed by atoms with Crippen LogP contribution in [0.5, 0.6) is 5.75 Å². The standard InChI is InChI=1S/C23H25BrN4O2S/c1-30-20-7-2-4-17(12-20)13-21-26-23(31-27-21)28-10-8-16(9-11-28)15-25-22(29)18-5-3-6-19(24)14-18/h2-7,12,14,16H,8-11,13,15H2,1H3,(H,25,29). The number of hydrogen-bond acceptors (Lipinski definition) is 6. The fourth-order valence-corrected chi connectivity index (χ4v) is 4.84. The van der Waals surface area contributed by atoms with Crippen LogP contribution in [0, 0.1) is 5.92 Å². The first-order valence-electron chi connectivity index (χ1n) is 10.3. The van der Waals surface area contributed by atoms with Gasteiger partial charge in [-0.2, -0.15) is 4.37 Å². The van der Waals surface area contributed by atoms with Crippen LogP contribution in [0.1, 0.15) is 34.6 Å². The quantitative estimate of drug-likeness (QED) is 0.515. The molecule has 3 aromatic rings. The number of halogens is 1. The third kappa shape index (κ3) is 5.83. The first-order chi connectivity index (χ1) is 15.1. The molecule has 1 aliphatic rings. The summed E-state index contributed by atoms with van der Waals surface area (Å²) >= 11 is 4.87. The van der Waals surface area contributed by atoms with Gasteiger partial charge in [0.25, 0.3) is 5.91 Å². The lowest BCUT2D eigenvalue weighted by Gasteiger charge is -2.31. The van der Waals surface area contributed by atoms with E-state index in [4.69, 9.17) is 9.72 Å². The minimum absolute atomic E-state index is 0.0185. The molecule has 0 spiro atoms. The first kappa shape index (κ1) is 21.8. The van der Waals surface area contributed by atoms with E-state index >= 15 is 0 Å². The summed E-state index contributed by atoms with van der Waals surface area (Å²) in [5.41, 5.74) is 1.83. The lowest BCUT2D eigenvalue weighted by Crippen LogP contribution is -2.38. The molecule has 2 aromatic carbocycles. The minimum Gasteiger partial charge on any atom is -0.497 e. The highest BCUT2D eigenvalue weighted by Gasteiger charge is 2.22. The number of anilines is 1. The number of aromatic nitrogens is 2. The van der Waals surface area contributed by atoms with E-state index in [-0.39, 0.29) is 5.91 Å². The predicted octanol–water partition coefficient (Wildman–Crippen LogP) is 4.55. The van der Waals surface area contributed by atoms with E-state index in [0.717, 1.165) is 52.7 Å². The number of benzene rings is 2. The highest BCUT2D eigenvalue weighted by atomic mass is 79.9. The number of rotatable bonds is 7. The van der Waals surface area contributed by atoms with Gasteiger partial charge in [-0.05, 0) is 54.7 Å². The van der Waals surface area contributed by atoms with Crippen LogP contribution in [-0.2, 0) is 6.42 Å². The molecule has 1 aliphatic heterocycles. The van der Waals surface area contributed by atoms with E-state index in [1.54, 1.807) is 7.11 Å². The number of hydrogen-bond donors (Lipinski definition) is 1. The molecule has 1 aromatic heterocycles. The third-order valence-electron chi connectivity index (χ3n) is 5.48. The van der Waals surface area contributed by atoms with Crippen molar-refractivity contribution in [2.45, 2.75) is 19.3 Å². The second-order valence-electron chi connectivity index (χ2n) is 7.67. The largest absolute Gasteiger partial charge is 0.497 e. The van der Waals surface area contributed by atoms with Gasteiger partial charge in [-0.3, -0.25) is 4.79 Å². The summed E-state index contributed by atoms with van der Waals surface area (Å²) in [4.78, 5) is 19.4. The molecule has 0 radical (unpaired) electrons. The molecule has 6 nitrogen and oxygen atoms in total. The number of amides is 1. The van der Waals surface area contributed by atoms with Gasteiger partial charge in [-0.25, -0.2) is 4.98 Å². The summed E-state index contributed by atoms with van der Waals surface area (Å²) in [5.74, 6) is 2.16. The second-order valence-corrected chi connectivity index (χ2v) is 9.32. The van der Waals surface area contributed by atoms with Crippen molar-refractivity contribution in [3.8, 4) is 5.75 Å². The smallest absolute Gasteiger partial charge is 0.251 e. The lowest BCUT2D eigenvalue weighted by atomic mass is 9.97. The van der Waals surface area contributed by atoms with Gasteiger partial charge < -0.3 is 15.0 Å². The number of nitrogens with one attached hydrogen (secondary N) is 1. The summed E-state index contributed by atoms with van der Waals surface area (Å²) in [7, 11) is 1.67. The normalized spacial score (nSPS) is 14.5. The molecule has 0 saturated carbocycles. The van der Waals surface area contributed by atoms with Gasteiger partial charge in [-0.15, -0.1) is 0 Å². The van der Waals surface area contributed by atoms with Gasteiger partial charge in [-0.1, -0.05) is 34.1 Å². The van der Waals surface area contributed by atoms with Crippen molar-refractivity contribution in [2.24, 2.45) is 5.92 Å². The van der Waals surface area contributed by atoms with Gasteiger partial charge in [0.1, 0.15) is 11.6 Å². The van der Waals surface area contributed by atoms with Crippen molar-refractivity contribution >= 4 is 38.5 Å². The van der Waals surface area contributed by atoms with Crippen LogP contribution in [0.4, 0.5) is 5.13 Å². The van der Waals surface area contributed by atoms with E-state index < -0.39 is 0 Å². The molecule has 8 heteroatoms. The lowest BCUT2D eigenvalue weighted by molar-refractivity contribution is 0.0945. The van der Waals surface area contributed by atoms with Crippen LogP contribution < -0.4 is 15.0 Å². The zero-order valence-corrected chi connectivity index (χ0v) is 19.8. The molecule has 1 amide bonds. The monoisotopic (exact) mass is 500 g/mol. The Morgan fingerprint density at radius 3 is 2.81 bits per heavy atom. The number of nitrogens with zero attached hydrogens (tertiary/aromatic N) is 3. The van der Waals surface area contributed by atoms with Gasteiger partial charge in [0.05, 0.1) is 7.11 Å². The SMILES string of the molecule is COc1cccc(Cc2nsc(N3CCC(CNC(=O)c4cccc(Br)c4)CC3)n2)c1. The first-order valence-corrected chi connectivity index (χ1v) is 11.9. The van der Waals surface area contributed by atoms with Crippen molar-refractivity contribution in [3.05, 3.63) is 70.0 Å². The average Bonchev–Trinajstić information content (AvgIpc) is 3.26. The Hall–Kier alpha value is -2.45. The summed E-state index contributed by atoms with van der Waals surface area (Å²) in [6.07, 6.45) is 2.76. The Morgan fingerprint density at radius 1 is 1.23 bits per heavy atom. The molecule has 1 fully saturated rings. The van der Waals surface area contributed by atoms with Gasteiger partial charge in [0, 0.05) is 47.6 Å². The van der Waals surface area contributed by atoms with E-state index in [0.29, 0.717) is 24.4 Å². The topological polar surface area (TPSA) is 67.3 Å². The maximum atomic E-state index is 12.4. The Kier molecular flexibility index (Phi) is 7.19. The molecule has 0 bridgehead atoms. The van der Waals surface area contributed by atoms with Crippen molar-refractivity contribution in [3.63, 3.8) is 0 Å². The van der Waals surface area contributed by atoms with E-state index in [9.17, 15) is 4.79 Å². The van der Waals surface area contributed by atoms with Crippen LogP contribution >= 0.6 is 27.5 Å². The molecule has 2 heterocycles. The molecule has 162 valence electrons. The Bertz CT molecular complexity index is 1030. The van der Waals surface area contributed by atoms with Crippen LogP contribution in [0.15, 0.2) is 53.0 Å². The van der Waals surface area contributed by atoms with E-state index in [1.807, 2.05) is 42.5 Å². The van der Waals surface area contributed by atoms with Gasteiger partial charge >= 0.3 is 0 Å². The Morgan fingerprint density at radius 2 is 2.03 bits per heavy atom. The Balaban J connectivity index is 1.26. The number of carbonyl (C=O) groups excluding carboxylic acids is 1. The average molecular weight is 501 g/mol. The fourth-order valence-electron chi connectivity index (χ4n) is 3.71. The number of methoxy groups -OCH3 is 1. The maximum Gasteiger partial charge on any atom is 0.251 e. The van der Waals surface area contributed by atoms with E-state index in [1.165, 1.54) is 11.5 Å². The zero-order chi connectivity index (χ0) is 21.6. The number of carbonyl (C=O) groups is 1. The molecule has 0 atom stereocenters. The maximum absolute atomic E-state index is 12.4. The predicted molar refractivity (Wildman–Crippen MR) is 127 cm³/mol. The molecular weight excluding hydrogens is 476 g/mol. The van der Waals surface area contributed by atoms with Crippen LogP contribution in [0.25, 0.3) is 0 Å². The molecule has 4 rings (SSSR count). The molecule has 31 heavy (non-hydrogen) atoms.